The van der Waals surface area contributed by atoms with Crippen LogP contribution in [0.4, 0.5) is 0 Å². The number of nitrogens with two attached hydrogens (primary N) is 1. The van der Waals surface area contributed by atoms with Gasteiger partial charge in [0, 0.05) is 0 Å². The van der Waals surface area contributed by atoms with Gasteiger partial charge in [-0.3, -0.25) is 0 Å². The molecule has 0 saturated carbocycles. The third-order valence-electron chi connectivity index (χ3n) is 2.29. The molecule has 0 saturated heterocycles. The van der Waals surface area contributed by atoms with Crippen LogP contribution in [0.3, 0.4) is 0 Å². The normalized spacial score (nSPS) is 13.1. The van der Waals surface area contributed by atoms with Gasteiger partial charge in [0.2, 0.25) is 0 Å². The van der Waals surface area contributed by atoms with Crippen molar-refractivity contribution < 1.29 is 0 Å². The van der Waals surface area contributed by atoms with Crippen molar-refractivity contribution in [3.63, 3.8) is 0 Å². The minimum absolute atomic E-state index is 0.662. The first-order valence-corrected chi connectivity index (χ1v) is 6.34. The van der Waals surface area contributed by atoms with E-state index in [0.717, 1.165) is 34.5 Å². The van der Waals surface area contributed by atoms with Gasteiger partial charge in [-0.25, -0.2) is 0 Å². The highest BCUT2D eigenvalue weighted by Crippen LogP contribution is 2.32. The average Bonchev–Trinajstić information content (AvgIpc) is 2.42. The van der Waals surface area contributed by atoms with E-state index >= 15 is 0 Å². The lowest BCUT2D eigenvalue weighted by Crippen LogP contribution is -2.06. The number of rotatable bonds is 5. The first-order valence-electron chi connectivity index (χ1n) is 4.77. The van der Waals surface area contributed by atoms with Gasteiger partial charge in [0.15, 0.2) is 0 Å². The Labute approximate surface area is 99.2 Å². The van der Waals surface area contributed by atoms with E-state index in [9.17, 15) is 0 Å². The average molecular weight is 252 g/mol. The Bertz CT molecular complexity index is 286. The highest BCUT2D eigenvalue weighted by Gasteiger charge is 2.07. The van der Waals surface area contributed by atoms with Crippen LogP contribution in [0.15, 0.2) is 6.07 Å². The van der Waals surface area contributed by atoms with Gasteiger partial charge in [-0.1, -0.05) is 30.1 Å². The summed E-state index contributed by atoms with van der Waals surface area (Å²) in [5, 5.41) is 0. The number of hydrogen-bond donors (Lipinski definition) is 1. The van der Waals surface area contributed by atoms with Crippen LogP contribution in [0.2, 0.25) is 8.67 Å². The Morgan fingerprint density at radius 1 is 1.43 bits per heavy atom. The summed E-state index contributed by atoms with van der Waals surface area (Å²) in [6.45, 7) is 2.98. The van der Waals surface area contributed by atoms with Crippen molar-refractivity contribution in [3.05, 3.63) is 20.3 Å². The van der Waals surface area contributed by atoms with E-state index in [1.54, 1.807) is 0 Å². The predicted molar refractivity (Wildman–Crippen MR) is 65.5 cm³/mol. The molecule has 1 nitrogen and oxygen atoms in total. The van der Waals surface area contributed by atoms with Crippen molar-refractivity contribution in [2.24, 2.45) is 11.7 Å². The molecule has 0 aliphatic heterocycles. The smallest absolute Gasteiger partial charge is 0.0976 e. The molecule has 0 amide bonds. The van der Waals surface area contributed by atoms with Gasteiger partial charge in [0.1, 0.15) is 0 Å². The van der Waals surface area contributed by atoms with Crippen LogP contribution in [0.25, 0.3) is 0 Å². The largest absolute Gasteiger partial charge is 0.330 e. The van der Waals surface area contributed by atoms with Gasteiger partial charge in [-0.05, 0) is 43.4 Å². The summed E-state index contributed by atoms with van der Waals surface area (Å²) >= 11 is 13.3. The second-order valence-electron chi connectivity index (χ2n) is 3.57. The van der Waals surface area contributed by atoms with E-state index in [1.807, 2.05) is 6.07 Å². The summed E-state index contributed by atoms with van der Waals surface area (Å²) in [4.78, 5) is 0. The third kappa shape index (κ3) is 3.77. The highest BCUT2D eigenvalue weighted by molar-refractivity contribution is 7.20. The monoisotopic (exact) mass is 251 g/mol. The zero-order valence-electron chi connectivity index (χ0n) is 8.22. The van der Waals surface area contributed by atoms with E-state index in [1.165, 1.54) is 16.9 Å². The van der Waals surface area contributed by atoms with E-state index in [2.05, 4.69) is 6.92 Å². The maximum absolute atomic E-state index is 6.01. The SMILES string of the molecule is CC(CCN)CCc1cc(Cl)sc1Cl. The molecule has 0 fully saturated rings. The van der Waals surface area contributed by atoms with Crippen LogP contribution in [0.1, 0.15) is 25.3 Å². The zero-order valence-corrected chi connectivity index (χ0v) is 10.6. The summed E-state index contributed by atoms with van der Waals surface area (Å²) in [7, 11) is 0. The summed E-state index contributed by atoms with van der Waals surface area (Å²) in [5.74, 6) is 0.662. The number of hydrogen-bond acceptors (Lipinski definition) is 2. The second-order valence-corrected chi connectivity index (χ2v) is 5.86. The van der Waals surface area contributed by atoms with Gasteiger partial charge in [0.25, 0.3) is 0 Å². The van der Waals surface area contributed by atoms with Gasteiger partial charge in [0.05, 0.1) is 8.67 Å². The van der Waals surface area contributed by atoms with Crippen LogP contribution in [-0.2, 0) is 6.42 Å². The molecule has 1 aromatic rings. The van der Waals surface area contributed by atoms with Crippen LogP contribution in [-0.4, -0.2) is 6.54 Å². The molecule has 0 aromatic carbocycles. The van der Waals surface area contributed by atoms with Crippen LogP contribution in [0, 0.1) is 5.92 Å². The van der Waals surface area contributed by atoms with Crippen LogP contribution in [0.5, 0.6) is 0 Å². The lowest BCUT2D eigenvalue weighted by molar-refractivity contribution is 0.500. The molecule has 1 heterocycles. The Morgan fingerprint density at radius 2 is 2.14 bits per heavy atom. The van der Waals surface area contributed by atoms with Gasteiger partial charge >= 0.3 is 0 Å². The van der Waals surface area contributed by atoms with Gasteiger partial charge < -0.3 is 5.73 Å². The first-order chi connectivity index (χ1) is 6.63. The predicted octanol–water partition coefficient (Wildman–Crippen LogP) is 3.97. The molecule has 1 unspecified atom stereocenters. The minimum atomic E-state index is 0.662. The molecule has 0 spiro atoms. The van der Waals surface area contributed by atoms with Crippen LogP contribution >= 0.6 is 34.5 Å². The molecular weight excluding hydrogens is 237 g/mol. The fourth-order valence-electron chi connectivity index (χ4n) is 1.38. The van der Waals surface area contributed by atoms with Crippen molar-refractivity contribution in [2.75, 3.05) is 6.54 Å². The fourth-order valence-corrected chi connectivity index (χ4v) is 2.92. The van der Waals surface area contributed by atoms with Crippen LogP contribution < -0.4 is 5.73 Å². The molecule has 2 N–H and O–H groups in total. The summed E-state index contributed by atoms with van der Waals surface area (Å²) < 4.78 is 1.60. The third-order valence-corrected chi connectivity index (χ3v) is 3.86. The van der Waals surface area contributed by atoms with Crippen molar-refractivity contribution in [2.45, 2.75) is 26.2 Å². The fraction of sp³-hybridized carbons (Fsp3) is 0.600. The lowest BCUT2D eigenvalue weighted by atomic mass is 10.00. The Hall–Kier alpha value is 0.240. The molecule has 1 rings (SSSR count). The first kappa shape index (κ1) is 12.3. The molecule has 4 heteroatoms. The molecule has 0 aliphatic carbocycles. The minimum Gasteiger partial charge on any atom is -0.330 e. The summed E-state index contributed by atoms with van der Waals surface area (Å²) in [6, 6.07) is 1.96. The summed E-state index contributed by atoms with van der Waals surface area (Å²) in [5.41, 5.74) is 6.66. The molecular formula is C10H15Cl2NS. The Balaban J connectivity index is 2.41. The topological polar surface area (TPSA) is 26.0 Å². The molecule has 1 atom stereocenters. The molecule has 14 heavy (non-hydrogen) atoms. The van der Waals surface area contributed by atoms with Crippen molar-refractivity contribution in [3.8, 4) is 0 Å². The maximum Gasteiger partial charge on any atom is 0.0976 e. The Morgan fingerprint density at radius 3 is 2.64 bits per heavy atom. The van der Waals surface area contributed by atoms with Gasteiger partial charge in [-0.15, -0.1) is 11.3 Å². The van der Waals surface area contributed by atoms with Gasteiger partial charge in [-0.2, -0.15) is 0 Å². The van der Waals surface area contributed by atoms with E-state index in [4.69, 9.17) is 28.9 Å². The molecule has 80 valence electrons. The quantitative estimate of drug-likeness (QED) is 0.842. The van der Waals surface area contributed by atoms with E-state index < -0.39 is 0 Å². The summed E-state index contributed by atoms with van der Waals surface area (Å²) in [6.07, 6.45) is 3.21. The number of aryl methyl sites for hydroxylation is 1. The number of halogens is 2. The zero-order chi connectivity index (χ0) is 10.6. The van der Waals surface area contributed by atoms with E-state index in [0.29, 0.717) is 5.92 Å². The van der Waals surface area contributed by atoms with Crippen molar-refractivity contribution in [1.29, 1.82) is 0 Å². The molecule has 1 aromatic heterocycles. The van der Waals surface area contributed by atoms with Crippen molar-refractivity contribution >= 4 is 34.5 Å². The standard InChI is InChI=1S/C10H15Cl2NS/c1-7(4-5-13)2-3-8-6-9(11)14-10(8)12/h6-7H,2-5,13H2,1H3. The lowest BCUT2D eigenvalue weighted by Gasteiger charge is -2.08. The van der Waals surface area contributed by atoms with Crippen molar-refractivity contribution in [1.82, 2.24) is 0 Å². The highest BCUT2D eigenvalue weighted by atomic mass is 35.5. The second kappa shape index (κ2) is 5.96. The van der Waals surface area contributed by atoms with E-state index in [-0.39, 0.29) is 0 Å². The molecule has 0 radical (unpaired) electrons. The molecule has 0 aliphatic rings. The maximum atomic E-state index is 6.01. The Kier molecular flexibility index (Phi) is 5.24. The molecule has 0 bridgehead atoms. The number of thiophene rings is 1.